The van der Waals surface area contributed by atoms with Crippen LogP contribution in [0.2, 0.25) is 0 Å². The van der Waals surface area contributed by atoms with E-state index in [1.165, 1.54) is 24.3 Å². The van der Waals surface area contributed by atoms with E-state index in [9.17, 15) is 38.4 Å². The summed E-state index contributed by atoms with van der Waals surface area (Å²) in [7, 11) is 0. The van der Waals surface area contributed by atoms with Gasteiger partial charge in [-0.15, -0.1) is 0 Å². The first-order valence-corrected chi connectivity index (χ1v) is 30.3. The second kappa shape index (κ2) is 30.9. The first kappa shape index (κ1) is 72.1. The number of carbonyl (C=O) groups is 8. The highest BCUT2D eigenvalue weighted by Crippen LogP contribution is 2.50. The fourth-order valence-corrected chi connectivity index (χ4v) is 11.4. The molecular weight excluding hydrogens is 1300 g/mol. The Morgan fingerprint density at radius 1 is 0.250 bits per heavy atom. The molecule has 0 spiro atoms. The molecule has 5 heterocycles. The molecular formula is C64H76N20O16. The van der Waals surface area contributed by atoms with Crippen molar-refractivity contribution in [2.45, 2.75) is 49.4 Å². The van der Waals surface area contributed by atoms with Crippen LogP contribution in [0.5, 0.6) is 46.0 Å². The Morgan fingerprint density at radius 2 is 0.370 bits per heavy atom. The van der Waals surface area contributed by atoms with Crippen LogP contribution in [0.15, 0.2) is 121 Å². The van der Waals surface area contributed by atoms with E-state index in [0.29, 0.717) is 67.8 Å². The minimum absolute atomic E-state index is 0.0941. The summed E-state index contributed by atoms with van der Waals surface area (Å²) in [5.74, 6) is 39.2. The van der Waals surface area contributed by atoms with Crippen molar-refractivity contribution in [1.82, 2.24) is 63.3 Å². The SMILES string of the molecule is CC1(c2cc(OCC(=O)NN)cc(OCC(=O)NN)c2)c2ccc([nH]2)C(C)(c2cc(OCC(=O)NN)cc(OCC(=O)NN)c2)c2ccc([nH]2)C(C)(c2cc(OCC(=O)NN)cc(OCC(=O)NN)c2)c2ccc([nH]2)C(C)(c2cc(OCC(=O)NN)cc(OCC(=O)NN)c2)c2ccc1[nH]2. The summed E-state index contributed by atoms with van der Waals surface area (Å²) >= 11 is 0. The maximum atomic E-state index is 12.7. The van der Waals surface area contributed by atoms with Gasteiger partial charge in [0.05, 0.1) is 21.7 Å². The largest absolute Gasteiger partial charge is 0.484 e. The van der Waals surface area contributed by atoms with Crippen LogP contribution in [-0.2, 0) is 60.0 Å². The van der Waals surface area contributed by atoms with Gasteiger partial charge in [-0.2, -0.15) is 0 Å². The molecule has 0 unspecified atom stereocenters. The molecule has 1 aliphatic rings. The van der Waals surface area contributed by atoms with Gasteiger partial charge in [0, 0.05) is 69.8 Å². The van der Waals surface area contributed by atoms with Gasteiger partial charge in [0.25, 0.3) is 47.3 Å². The van der Waals surface area contributed by atoms with E-state index in [2.05, 4.69) is 63.3 Å². The van der Waals surface area contributed by atoms with Crippen molar-refractivity contribution in [2.75, 3.05) is 52.9 Å². The van der Waals surface area contributed by atoms with Crippen LogP contribution in [0.4, 0.5) is 0 Å². The third kappa shape index (κ3) is 15.5. The zero-order valence-electron chi connectivity index (χ0n) is 54.4. The molecule has 1 aliphatic heterocycles. The zero-order valence-corrected chi connectivity index (χ0v) is 54.4. The van der Waals surface area contributed by atoms with Gasteiger partial charge < -0.3 is 57.8 Å². The molecule has 8 amide bonds. The Morgan fingerprint density at radius 3 is 0.480 bits per heavy atom. The Labute approximate surface area is 569 Å². The van der Waals surface area contributed by atoms with Crippen molar-refractivity contribution in [3.63, 3.8) is 0 Å². The predicted molar refractivity (Wildman–Crippen MR) is 354 cm³/mol. The molecule has 36 nitrogen and oxygen atoms in total. The van der Waals surface area contributed by atoms with Gasteiger partial charge in [0.1, 0.15) is 46.0 Å². The van der Waals surface area contributed by atoms with E-state index in [1.54, 1.807) is 48.5 Å². The summed E-state index contributed by atoms with van der Waals surface area (Å²) in [6.45, 7) is 3.15. The third-order valence-corrected chi connectivity index (χ3v) is 17.1. The topological polar surface area (TPSA) is 578 Å². The lowest BCUT2D eigenvalue weighted by molar-refractivity contribution is -0.124. The second-order valence-electron chi connectivity index (χ2n) is 23.3. The molecule has 4 aromatic heterocycles. The molecule has 0 saturated carbocycles. The molecule has 100 heavy (non-hydrogen) atoms. The van der Waals surface area contributed by atoms with Gasteiger partial charge in [0.2, 0.25) is 0 Å². The molecule has 36 heteroatoms. The first-order chi connectivity index (χ1) is 47.9. The average Bonchev–Trinajstić information content (AvgIpc) is 1.55. The molecule has 0 saturated heterocycles. The van der Waals surface area contributed by atoms with Gasteiger partial charge in [-0.3, -0.25) is 81.8 Å². The fraction of sp³-hybridized carbons (Fsp3) is 0.250. The summed E-state index contributed by atoms with van der Waals surface area (Å²) in [5, 5.41) is 0. The lowest BCUT2D eigenvalue weighted by Crippen LogP contribution is -2.35. The van der Waals surface area contributed by atoms with Gasteiger partial charge in [0.15, 0.2) is 52.9 Å². The summed E-state index contributed by atoms with van der Waals surface area (Å²) in [5.41, 5.74) is 16.2. The highest BCUT2D eigenvalue weighted by atomic mass is 16.5. The molecule has 0 aliphatic carbocycles. The average molecular weight is 1380 g/mol. The molecule has 8 bridgehead atoms. The number of nitrogens with two attached hydrogens (primary N) is 8. The predicted octanol–water partition coefficient (Wildman–Crippen LogP) is -2.32. The number of H-pyrrole nitrogens is 4. The van der Waals surface area contributed by atoms with Crippen molar-refractivity contribution in [2.24, 2.45) is 46.7 Å². The number of aromatic amines is 4. The lowest BCUT2D eigenvalue weighted by atomic mass is 9.75. The number of carbonyl (C=O) groups excluding carboxylic acids is 8. The van der Waals surface area contributed by atoms with E-state index >= 15 is 0 Å². The Bertz CT molecular complexity index is 3580. The molecule has 8 aromatic rings. The van der Waals surface area contributed by atoms with Crippen LogP contribution in [0.1, 0.15) is 95.5 Å². The molecule has 528 valence electrons. The first-order valence-electron chi connectivity index (χ1n) is 30.3. The number of hydrogen-bond acceptors (Lipinski definition) is 24. The molecule has 4 aromatic carbocycles. The Kier molecular flexibility index (Phi) is 22.3. The number of amides is 8. The maximum absolute atomic E-state index is 12.7. The number of hydrogen-bond donors (Lipinski definition) is 20. The monoisotopic (exact) mass is 1380 g/mol. The van der Waals surface area contributed by atoms with Gasteiger partial charge in [-0.1, -0.05) is 0 Å². The summed E-state index contributed by atoms with van der Waals surface area (Å²) < 4.78 is 48.5. The van der Waals surface area contributed by atoms with Crippen molar-refractivity contribution in [3.8, 4) is 46.0 Å². The smallest absolute Gasteiger partial charge is 0.271 e. The number of fused-ring (bicyclic) bond motifs is 8. The van der Waals surface area contributed by atoms with Crippen molar-refractivity contribution < 1.29 is 76.3 Å². The number of nitrogens with one attached hydrogen (secondary N) is 12. The van der Waals surface area contributed by atoms with E-state index in [4.69, 9.17) is 84.6 Å². The van der Waals surface area contributed by atoms with Crippen LogP contribution in [-0.4, -0.2) is 120 Å². The minimum atomic E-state index is -1.43. The molecule has 0 atom stereocenters. The quantitative estimate of drug-likeness (QED) is 0.0139. The van der Waals surface area contributed by atoms with Gasteiger partial charge in [-0.25, -0.2) is 46.7 Å². The number of rotatable bonds is 28. The van der Waals surface area contributed by atoms with Gasteiger partial charge >= 0.3 is 0 Å². The van der Waals surface area contributed by atoms with Crippen LogP contribution < -0.4 is 128 Å². The fourth-order valence-electron chi connectivity index (χ4n) is 11.4. The minimum Gasteiger partial charge on any atom is -0.484 e. The Balaban J connectivity index is 1.42. The van der Waals surface area contributed by atoms with Crippen LogP contribution in [0, 0.1) is 0 Å². The van der Waals surface area contributed by atoms with Crippen molar-refractivity contribution >= 4 is 47.3 Å². The summed E-state index contributed by atoms with van der Waals surface area (Å²) in [6, 6.07) is 33.9. The third-order valence-electron chi connectivity index (χ3n) is 17.1. The highest BCUT2D eigenvalue weighted by molar-refractivity contribution is 5.80. The molecule has 0 radical (unpaired) electrons. The van der Waals surface area contributed by atoms with E-state index in [-0.39, 0.29) is 46.0 Å². The standard InChI is InChI=1S/C64H76N20O16/c1-61(33-13-37(93-25-53(85)77-65)21-38(14-33)94-26-54(86)78-66)45-5-7-47(73-45)62(2,34-15-39(95-27-55(87)79-67)22-40(16-34)96-28-56(88)80-68)49-9-11-51(75-49)64(4,36-19-43(99-31-59(91)83-71)24-44(20-36)100-32-60(92)84-72)52-12-10-50(76-52)63(3,48-8-6-46(61)74-48)35-17-41(97-29-57(89)81-69)23-42(18-35)98-30-58(90)82-70/h5-24,73-76H,25-32,65-72H2,1-4H3,(H,77,85)(H,78,86)(H,79,87)(H,80,88)(H,81,89)(H,82,90)(H,83,91)(H,84,92). The normalized spacial score (nSPS) is 17.4. The highest BCUT2D eigenvalue weighted by Gasteiger charge is 2.45. The van der Waals surface area contributed by atoms with Crippen LogP contribution in [0.25, 0.3) is 0 Å². The zero-order chi connectivity index (χ0) is 72.1. The maximum Gasteiger partial charge on any atom is 0.271 e. The summed E-state index contributed by atoms with van der Waals surface area (Å²) in [4.78, 5) is 117. The molecule has 0 fully saturated rings. The van der Waals surface area contributed by atoms with Gasteiger partial charge in [-0.05, 0) is 147 Å². The van der Waals surface area contributed by atoms with Crippen molar-refractivity contribution in [1.29, 1.82) is 0 Å². The molecule has 28 N–H and O–H groups in total. The van der Waals surface area contributed by atoms with Crippen LogP contribution in [0.3, 0.4) is 0 Å². The number of ether oxygens (including phenoxy) is 8. The van der Waals surface area contributed by atoms with Crippen molar-refractivity contribution in [3.05, 3.63) is 189 Å². The second-order valence-corrected chi connectivity index (χ2v) is 23.3. The van der Waals surface area contributed by atoms with E-state index < -0.39 is 122 Å². The number of benzene rings is 4. The lowest BCUT2D eigenvalue weighted by Gasteiger charge is -2.34. The Hall–Kier alpha value is -12.2. The van der Waals surface area contributed by atoms with E-state index in [1.807, 2.05) is 76.2 Å². The van der Waals surface area contributed by atoms with Crippen LogP contribution >= 0.6 is 0 Å². The number of aromatic nitrogens is 4. The number of hydrazine groups is 8. The molecule has 9 rings (SSSR count). The van der Waals surface area contributed by atoms with E-state index in [0.717, 1.165) is 0 Å². The summed E-state index contributed by atoms with van der Waals surface area (Å²) in [6.07, 6.45) is 0.